The normalized spacial score (nSPS) is 13.3. The van der Waals surface area contributed by atoms with Gasteiger partial charge in [-0.05, 0) is 60.7 Å². The van der Waals surface area contributed by atoms with Crippen LogP contribution >= 0.6 is 0 Å². The van der Waals surface area contributed by atoms with Gasteiger partial charge in [-0.25, -0.2) is 9.78 Å². The van der Waals surface area contributed by atoms with Gasteiger partial charge in [0.15, 0.2) is 0 Å². The molecule has 1 aliphatic carbocycles. The van der Waals surface area contributed by atoms with E-state index in [1.807, 2.05) is 18.2 Å². The number of carbonyl (C=O) groups excluding carboxylic acids is 2. The number of amides is 3. The molecule has 3 amide bonds. The molecular weight excluding hydrogens is 454 g/mol. The van der Waals surface area contributed by atoms with E-state index < -0.39 is 5.91 Å². The Bertz CT molecular complexity index is 1340. The van der Waals surface area contributed by atoms with Crippen LogP contribution in [0.5, 0.6) is 0 Å². The van der Waals surface area contributed by atoms with E-state index in [1.54, 1.807) is 42.6 Å². The standard InChI is InChI=1S/C27H27N7O2/c28-25(35)23-24(33-34-26(23)32-22-7-3-4-16-29-22)19-10-14-21(15-11-19)31-27(36)30-20-12-8-18(9-13-20)17-5-1-2-6-17/h3-4,7-17H,1-2,5-6H2,(H2,28,35)(H2,30,31,36)(H2,29,32,33,34). The summed E-state index contributed by atoms with van der Waals surface area (Å²) < 4.78 is 0. The first kappa shape index (κ1) is 23.1. The van der Waals surface area contributed by atoms with Crippen LogP contribution in [0.2, 0.25) is 0 Å². The van der Waals surface area contributed by atoms with Gasteiger partial charge in [0, 0.05) is 23.1 Å². The van der Waals surface area contributed by atoms with E-state index in [0.717, 1.165) is 5.69 Å². The molecule has 1 aliphatic rings. The molecular formula is C27H27N7O2. The van der Waals surface area contributed by atoms with Gasteiger partial charge in [0.25, 0.3) is 5.91 Å². The Morgan fingerprint density at radius 3 is 2.17 bits per heavy atom. The highest BCUT2D eigenvalue weighted by Gasteiger charge is 2.20. The second kappa shape index (κ2) is 10.3. The molecule has 0 bridgehead atoms. The van der Waals surface area contributed by atoms with Crippen LogP contribution in [0.25, 0.3) is 11.3 Å². The van der Waals surface area contributed by atoms with Gasteiger partial charge in [-0.2, -0.15) is 5.10 Å². The molecule has 0 spiro atoms. The summed E-state index contributed by atoms with van der Waals surface area (Å²) in [6, 6.07) is 20.1. The highest BCUT2D eigenvalue weighted by molar-refractivity contribution is 6.04. The zero-order valence-corrected chi connectivity index (χ0v) is 19.6. The zero-order valence-electron chi connectivity index (χ0n) is 19.6. The summed E-state index contributed by atoms with van der Waals surface area (Å²) in [5.74, 6) is 0.918. The predicted molar refractivity (Wildman–Crippen MR) is 140 cm³/mol. The minimum Gasteiger partial charge on any atom is -0.365 e. The van der Waals surface area contributed by atoms with Gasteiger partial charge in [-0.3, -0.25) is 9.89 Å². The zero-order chi connectivity index (χ0) is 24.9. The molecule has 4 aromatic rings. The highest BCUT2D eigenvalue weighted by atomic mass is 16.2. The molecule has 9 nitrogen and oxygen atoms in total. The molecule has 9 heteroatoms. The Labute approximate surface area is 208 Å². The number of benzene rings is 2. The third kappa shape index (κ3) is 5.20. The number of nitrogens with one attached hydrogen (secondary N) is 4. The molecule has 6 N–H and O–H groups in total. The molecule has 36 heavy (non-hydrogen) atoms. The van der Waals surface area contributed by atoms with E-state index in [9.17, 15) is 9.59 Å². The second-order valence-corrected chi connectivity index (χ2v) is 8.79. The van der Waals surface area contributed by atoms with Crippen molar-refractivity contribution >= 4 is 34.9 Å². The van der Waals surface area contributed by atoms with Crippen molar-refractivity contribution in [2.75, 3.05) is 16.0 Å². The molecule has 1 fully saturated rings. The van der Waals surface area contributed by atoms with Crippen molar-refractivity contribution in [3.05, 3.63) is 84.1 Å². The number of nitrogens with zero attached hydrogens (tertiary/aromatic N) is 2. The first-order valence-electron chi connectivity index (χ1n) is 11.9. The first-order chi connectivity index (χ1) is 17.6. The van der Waals surface area contributed by atoms with E-state index in [-0.39, 0.29) is 11.6 Å². The average Bonchev–Trinajstić information content (AvgIpc) is 3.56. The van der Waals surface area contributed by atoms with Crippen LogP contribution in [-0.4, -0.2) is 27.1 Å². The maximum atomic E-state index is 12.5. The van der Waals surface area contributed by atoms with Crippen LogP contribution in [0.3, 0.4) is 0 Å². The van der Waals surface area contributed by atoms with Crippen LogP contribution in [0.4, 0.5) is 27.8 Å². The SMILES string of the molecule is NC(=O)c1c(-c2ccc(NC(=O)Nc3ccc(C4CCCC4)cc3)cc2)n[nH]c1Nc1ccccn1. The van der Waals surface area contributed by atoms with Gasteiger partial charge in [0.2, 0.25) is 0 Å². The summed E-state index contributed by atoms with van der Waals surface area (Å²) >= 11 is 0. The number of carbonyl (C=O) groups is 2. The molecule has 0 unspecified atom stereocenters. The van der Waals surface area contributed by atoms with Crippen molar-refractivity contribution in [1.29, 1.82) is 0 Å². The number of aromatic amines is 1. The number of nitrogens with two attached hydrogens (primary N) is 1. The maximum absolute atomic E-state index is 12.5. The number of rotatable bonds is 7. The van der Waals surface area contributed by atoms with E-state index >= 15 is 0 Å². The molecule has 2 aromatic carbocycles. The number of urea groups is 1. The molecule has 1 saturated carbocycles. The number of primary amides is 1. The minimum absolute atomic E-state index is 0.222. The van der Waals surface area contributed by atoms with Gasteiger partial charge in [-0.1, -0.05) is 43.2 Å². The Hall–Kier alpha value is -4.66. The van der Waals surface area contributed by atoms with Gasteiger partial charge >= 0.3 is 6.03 Å². The molecule has 0 aliphatic heterocycles. The number of anilines is 4. The van der Waals surface area contributed by atoms with E-state index in [2.05, 4.69) is 43.3 Å². The lowest BCUT2D eigenvalue weighted by Crippen LogP contribution is -2.19. The molecule has 0 radical (unpaired) electrons. The van der Waals surface area contributed by atoms with E-state index in [0.29, 0.717) is 34.5 Å². The lowest BCUT2D eigenvalue weighted by atomic mass is 9.98. The molecule has 2 heterocycles. The van der Waals surface area contributed by atoms with Crippen LogP contribution in [0.15, 0.2) is 72.9 Å². The molecule has 2 aromatic heterocycles. The van der Waals surface area contributed by atoms with E-state index in [4.69, 9.17) is 5.73 Å². The van der Waals surface area contributed by atoms with Gasteiger partial charge in [0.1, 0.15) is 22.9 Å². The summed E-state index contributed by atoms with van der Waals surface area (Å²) in [6.07, 6.45) is 6.70. The number of hydrogen-bond acceptors (Lipinski definition) is 5. The summed E-state index contributed by atoms with van der Waals surface area (Å²) in [5, 5.41) is 15.8. The molecule has 182 valence electrons. The second-order valence-electron chi connectivity index (χ2n) is 8.79. The van der Waals surface area contributed by atoms with Gasteiger partial charge < -0.3 is 21.7 Å². The Balaban J connectivity index is 1.24. The monoisotopic (exact) mass is 481 g/mol. The first-order valence-corrected chi connectivity index (χ1v) is 11.9. The largest absolute Gasteiger partial charge is 0.365 e. The highest BCUT2D eigenvalue weighted by Crippen LogP contribution is 2.34. The van der Waals surface area contributed by atoms with Gasteiger partial charge in [0.05, 0.1) is 0 Å². The topological polar surface area (TPSA) is 138 Å². The van der Waals surface area contributed by atoms with Gasteiger partial charge in [-0.15, -0.1) is 0 Å². The van der Waals surface area contributed by atoms with Crippen molar-refractivity contribution in [2.45, 2.75) is 31.6 Å². The Morgan fingerprint density at radius 2 is 1.56 bits per heavy atom. The number of pyridine rings is 1. The smallest absolute Gasteiger partial charge is 0.323 e. The van der Waals surface area contributed by atoms with Crippen molar-refractivity contribution < 1.29 is 9.59 Å². The van der Waals surface area contributed by atoms with Crippen molar-refractivity contribution in [3.8, 4) is 11.3 Å². The quantitative estimate of drug-likeness (QED) is 0.233. The lowest BCUT2D eigenvalue weighted by molar-refractivity contribution is 0.100. The fraction of sp³-hybridized carbons (Fsp3) is 0.185. The van der Waals surface area contributed by atoms with Crippen molar-refractivity contribution in [2.24, 2.45) is 5.73 Å². The lowest BCUT2D eigenvalue weighted by Gasteiger charge is -2.12. The van der Waals surface area contributed by atoms with Crippen LogP contribution in [0.1, 0.15) is 47.5 Å². The van der Waals surface area contributed by atoms with Crippen LogP contribution in [0, 0.1) is 0 Å². The molecule has 0 saturated heterocycles. The van der Waals surface area contributed by atoms with Crippen LogP contribution in [-0.2, 0) is 0 Å². The van der Waals surface area contributed by atoms with E-state index in [1.165, 1.54) is 31.2 Å². The summed E-state index contributed by atoms with van der Waals surface area (Å²) in [5.41, 5.74) is 9.60. The van der Waals surface area contributed by atoms with Crippen molar-refractivity contribution in [1.82, 2.24) is 15.2 Å². The number of hydrogen-bond donors (Lipinski definition) is 5. The summed E-state index contributed by atoms with van der Waals surface area (Å²) in [4.78, 5) is 28.9. The maximum Gasteiger partial charge on any atom is 0.323 e. The third-order valence-electron chi connectivity index (χ3n) is 6.34. The Morgan fingerprint density at radius 1 is 0.889 bits per heavy atom. The predicted octanol–water partition coefficient (Wildman–Crippen LogP) is 5.62. The third-order valence-corrected chi connectivity index (χ3v) is 6.34. The Kier molecular flexibility index (Phi) is 6.61. The summed E-state index contributed by atoms with van der Waals surface area (Å²) in [7, 11) is 0. The molecule has 5 rings (SSSR count). The average molecular weight is 482 g/mol. The van der Waals surface area contributed by atoms with Crippen molar-refractivity contribution in [3.63, 3.8) is 0 Å². The fourth-order valence-electron chi connectivity index (χ4n) is 4.55. The fourth-order valence-corrected chi connectivity index (χ4v) is 4.55. The molecule has 0 atom stereocenters. The number of aromatic nitrogens is 3. The minimum atomic E-state index is -0.627. The number of H-pyrrole nitrogens is 1. The summed E-state index contributed by atoms with van der Waals surface area (Å²) in [6.45, 7) is 0. The van der Waals surface area contributed by atoms with Crippen LogP contribution < -0.4 is 21.7 Å².